The first-order chi connectivity index (χ1) is 17.1. The molecule has 10 heteroatoms. The lowest BCUT2D eigenvalue weighted by Gasteiger charge is -2.29. The summed E-state index contributed by atoms with van der Waals surface area (Å²) in [6.07, 6.45) is -9.37. The summed E-state index contributed by atoms with van der Waals surface area (Å²) in [5, 5.41) is 5.64. The monoisotopic (exact) mass is 510 g/mol. The van der Waals surface area contributed by atoms with Crippen LogP contribution in [0.4, 0.5) is 26.3 Å². The van der Waals surface area contributed by atoms with Gasteiger partial charge in [-0.3, -0.25) is 10.1 Å². The van der Waals surface area contributed by atoms with Gasteiger partial charge in [0.1, 0.15) is 0 Å². The Hall–Kier alpha value is -3.37. The van der Waals surface area contributed by atoms with E-state index in [2.05, 4.69) is 10.6 Å². The number of nitrogens with one attached hydrogen (secondary N) is 2. The molecule has 1 amide bonds. The highest BCUT2D eigenvalue weighted by Crippen LogP contribution is 2.36. The molecular formula is C26H24F6N2O2. The van der Waals surface area contributed by atoms with Crippen LogP contribution in [0.2, 0.25) is 0 Å². The maximum absolute atomic E-state index is 13.2. The van der Waals surface area contributed by atoms with Gasteiger partial charge in [0.05, 0.1) is 31.0 Å². The lowest BCUT2D eigenvalue weighted by molar-refractivity contribution is -0.143. The second-order valence-electron chi connectivity index (χ2n) is 8.04. The van der Waals surface area contributed by atoms with Crippen molar-refractivity contribution in [3.8, 4) is 0 Å². The lowest BCUT2D eigenvalue weighted by atomic mass is 9.85. The van der Waals surface area contributed by atoms with Gasteiger partial charge in [-0.15, -0.1) is 0 Å². The molecule has 0 heterocycles. The summed E-state index contributed by atoms with van der Waals surface area (Å²) in [6, 6.07) is 19.6. The summed E-state index contributed by atoms with van der Waals surface area (Å²) in [7, 11) is 0. The van der Waals surface area contributed by atoms with Gasteiger partial charge in [0.2, 0.25) is 6.41 Å². The number of halogens is 6. The molecule has 1 atom stereocenters. The molecule has 3 aromatic rings. The molecule has 0 saturated heterocycles. The molecule has 3 rings (SSSR count). The standard InChI is InChI=1S/C26H24F6N2O2/c27-25(28,29)21-11-18(12-22(13-21)26(30,31)32)14-36-15-23(34-16-33-17-35)24(19-7-3-1-4-8-19)20-9-5-2-6-10-20/h1-13,17,23-24,34H,14-16H2,(H,33,35). The Morgan fingerprint density at radius 1 is 0.778 bits per heavy atom. The minimum atomic E-state index is -4.94. The maximum Gasteiger partial charge on any atom is 0.416 e. The van der Waals surface area contributed by atoms with Crippen molar-refractivity contribution in [2.24, 2.45) is 0 Å². The van der Waals surface area contributed by atoms with E-state index < -0.39 is 36.1 Å². The second kappa shape index (κ2) is 12.0. The molecule has 2 N–H and O–H groups in total. The van der Waals surface area contributed by atoms with E-state index in [1.165, 1.54) is 0 Å². The molecule has 0 fully saturated rings. The minimum Gasteiger partial charge on any atom is -0.375 e. The Morgan fingerprint density at radius 3 is 1.72 bits per heavy atom. The SMILES string of the molecule is O=CNCNC(COCc1cc(C(F)(F)F)cc(C(F)(F)F)c1)C(c1ccccc1)c1ccccc1. The molecule has 0 aliphatic rings. The molecule has 0 bridgehead atoms. The number of hydrogen-bond acceptors (Lipinski definition) is 3. The van der Waals surface area contributed by atoms with E-state index in [9.17, 15) is 31.1 Å². The fraction of sp³-hybridized carbons (Fsp3) is 0.269. The molecule has 3 aromatic carbocycles. The number of carbonyl (C=O) groups excluding carboxylic acids is 1. The molecular weight excluding hydrogens is 486 g/mol. The molecule has 4 nitrogen and oxygen atoms in total. The summed E-state index contributed by atoms with van der Waals surface area (Å²) in [5.74, 6) is -0.284. The summed E-state index contributed by atoms with van der Waals surface area (Å²) >= 11 is 0. The minimum absolute atomic E-state index is 0.0629. The number of amides is 1. The summed E-state index contributed by atoms with van der Waals surface area (Å²) in [4.78, 5) is 10.8. The molecule has 0 aromatic heterocycles. The predicted octanol–water partition coefficient (Wildman–Crippen LogP) is 5.73. The summed E-state index contributed by atoms with van der Waals surface area (Å²) < 4.78 is 84.8. The molecule has 192 valence electrons. The number of hydrogen-bond donors (Lipinski definition) is 2. The first kappa shape index (κ1) is 27.2. The Kier molecular flexibility index (Phi) is 9.11. The maximum atomic E-state index is 13.2. The number of rotatable bonds is 11. The van der Waals surface area contributed by atoms with E-state index in [1.807, 2.05) is 60.7 Å². The highest BCUT2D eigenvalue weighted by atomic mass is 19.4. The molecule has 36 heavy (non-hydrogen) atoms. The Balaban J connectivity index is 1.86. The van der Waals surface area contributed by atoms with E-state index in [0.29, 0.717) is 18.5 Å². The smallest absolute Gasteiger partial charge is 0.375 e. The van der Waals surface area contributed by atoms with Gasteiger partial charge in [-0.05, 0) is 34.9 Å². The zero-order valence-corrected chi connectivity index (χ0v) is 18.9. The van der Waals surface area contributed by atoms with Gasteiger partial charge in [-0.25, -0.2) is 0 Å². The Morgan fingerprint density at radius 2 is 1.28 bits per heavy atom. The largest absolute Gasteiger partial charge is 0.416 e. The zero-order valence-electron chi connectivity index (χ0n) is 18.9. The highest BCUT2D eigenvalue weighted by Gasteiger charge is 2.37. The normalized spacial score (nSPS) is 13.0. The van der Waals surface area contributed by atoms with Crippen LogP contribution < -0.4 is 10.6 Å². The summed E-state index contributed by atoms with van der Waals surface area (Å²) in [5.41, 5.74) is -1.22. The van der Waals surface area contributed by atoms with Crippen molar-refractivity contribution in [2.75, 3.05) is 13.3 Å². The van der Waals surface area contributed by atoms with Crippen molar-refractivity contribution >= 4 is 6.41 Å². The van der Waals surface area contributed by atoms with E-state index in [0.717, 1.165) is 11.1 Å². The van der Waals surface area contributed by atoms with Crippen LogP contribution in [-0.4, -0.2) is 25.7 Å². The van der Waals surface area contributed by atoms with Crippen molar-refractivity contribution in [1.82, 2.24) is 10.6 Å². The van der Waals surface area contributed by atoms with Crippen molar-refractivity contribution in [1.29, 1.82) is 0 Å². The average molecular weight is 510 g/mol. The number of ether oxygens (including phenoxy) is 1. The molecule has 0 spiro atoms. The van der Waals surface area contributed by atoms with Crippen LogP contribution in [0.25, 0.3) is 0 Å². The highest BCUT2D eigenvalue weighted by molar-refractivity contribution is 5.45. The predicted molar refractivity (Wildman–Crippen MR) is 122 cm³/mol. The van der Waals surface area contributed by atoms with Crippen molar-refractivity contribution < 1.29 is 35.9 Å². The van der Waals surface area contributed by atoms with Gasteiger partial charge in [-0.1, -0.05) is 60.7 Å². The van der Waals surface area contributed by atoms with Gasteiger partial charge in [0.15, 0.2) is 0 Å². The van der Waals surface area contributed by atoms with Gasteiger partial charge in [0, 0.05) is 12.0 Å². The van der Waals surface area contributed by atoms with Crippen molar-refractivity contribution in [3.63, 3.8) is 0 Å². The first-order valence-electron chi connectivity index (χ1n) is 11.0. The summed E-state index contributed by atoms with van der Waals surface area (Å²) in [6.45, 7) is -0.454. The van der Waals surface area contributed by atoms with Crippen LogP contribution >= 0.6 is 0 Å². The molecule has 0 aliphatic carbocycles. The topological polar surface area (TPSA) is 50.4 Å². The van der Waals surface area contributed by atoms with E-state index in [1.54, 1.807) is 0 Å². The number of alkyl halides is 6. The Bertz CT molecular complexity index is 1030. The van der Waals surface area contributed by atoms with Gasteiger partial charge >= 0.3 is 12.4 Å². The van der Waals surface area contributed by atoms with Crippen LogP contribution in [0.1, 0.15) is 33.7 Å². The number of carbonyl (C=O) groups is 1. The number of benzene rings is 3. The fourth-order valence-electron chi connectivity index (χ4n) is 3.89. The molecule has 0 aliphatic heterocycles. The van der Waals surface area contributed by atoms with Crippen molar-refractivity contribution in [3.05, 3.63) is 107 Å². The van der Waals surface area contributed by atoms with Crippen LogP contribution in [0.15, 0.2) is 78.9 Å². The van der Waals surface area contributed by atoms with Gasteiger partial charge in [0.25, 0.3) is 0 Å². The van der Waals surface area contributed by atoms with E-state index in [-0.39, 0.29) is 30.8 Å². The van der Waals surface area contributed by atoms with Gasteiger partial charge in [-0.2, -0.15) is 26.3 Å². The zero-order chi connectivity index (χ0) is 26.2. The second-order valence-corrected chi connectivity index (χ2v) is 8.04. The van der Waals surface area contributed by atoms with Crippen LogP contribution in [-0.2, 0) is 28.5 Å². The third kappa shape index (κ3) is 7.56. The van der Waals surface area contributed by atoms with Crippen molar-refractivity contribution in [2.45, 2.75) is 30.9 Å². The molecule has 0 saturated carbocycles. The lowest BCUT2D eigenvalue weighted by Crippen LogP contribution is -2.43. The third-order valence-corrected chi connectivity index (χ3v) is 5.48. The van der Waals surface area contributed by atoms with Gasteiger partial charge < -0.3 is 10.1 Å². The fourth-order valence-corrected chi connectivity index (χ4v) is 3.89. The van der Waals surface area contributed by atoms with Crippen LogP contribution in [0.3, 0.4) is 0 Å². The first-order valence-corrected chi connectivity index (χ1v) is 11.0. The van der Waals surface area contributed by atoms with E-state index >= 15 is 0 Å². The van der Waals surface area contributed by atoms with Crippen LogP contribution in [0.5, 0.6) is 0 Å². The molecule has 0 radical (unpaired) electrons. The Labute approximate surface area is 204 Å². The third-order valence-electron chi connectivity index (χ3n) is 5.48. The average Bonchev–Trinajstić information content (AvgIpc) is 2.84. The van der Waals surface area contributed by atoms with Crippen LogP contribution in [0, 0.1) is 0 Å². The molecule has 1 unspecified atom stereocenters. The quantitative estimate of drug-likeness (QED) is 0.150. The van der Waals surface area contributed by atoms with E-state index in [4.69, 9.17) is 4.74 Å².